The molecule has 1 rings (SSSR count). The summed E-state index contributed by atoms with van der Waals surface area (Å²) in [6.45, 7) is 3.17. The lowest BCUT2D eigenvalue weighted by Gasteiger charge is -2.41. The van der Waals surface area contributed by atoms with E-state index >= 15 is 0 Å². The van der Waals surface area contributed by atoms with Gasteiger partial charge in [-0.3, -0.25) is 9.35 Å². The van der Waals surface area contributed by atoms with Gasteiger partial charge in [0.15, 0.2) is 6.29 Å². The predicted octanol–water partition coefficient (Wildman–Crippen LogP) is 7.36. The minimum atomic E-state index is -5.11. The smallest absolute Gasteiger partial charge is 0.394 e. The van der Waals surface area contributed by atoms with Crippen molar-refractivity contribution in [2.75, 3.05) is 13.2 Å². The van der Waals surface area contributed by atoms with Gasteiger partial charge in [0.05, 0.1) is 25.4 Å². The normalized spacial score (nSPS) is 21.9. The Morgan fingerprint density at radius 3 is 1.58 bits per heavy atom. The maximum Gasteiger partial charge on any atom is 0.397 e. The molecule has 1 fully saturated rings. The fourth-order valence-electron chi connectivity index (χ4n) is 7.28. The monoisotopic (exact) mass is 838 g/mol. The van der Waals surface area contributed by atoms with Crippen LogP contribution in [0.5, 0.6) is 0 Å². The fraction of sp³-hybridized carbons (Fsp3) is 0.930. The SMILES string of the molecule is CCCCCCCCCCCCCCCCCCCC/C=C/C(O)C(COC1OC(CO)C(O)C(OS(=O)(=O)O)C1O)NC(=O)C(O)CCCCCCCCCC. The van der Waals surface area contributed by atoms with Crippen molar-refractivity contribution in [2.45, 2.75) is 243 Å². The van der Waals surface area contributed by atoms with E-state index in [9.17, 15) is 38.7 Å². The molecule has 0 spiro atoms. The summed E-state index contributed by atoms with van der Waals surface area (Å²) in [7, 11) is -5.11. The van der Waals surface area contributed by atoms with Crippen LogP contribution in [0.4, 0.5) is 0 Å². The molecule has 1 amide bonds. The first-order valence-electron chi connectivity index (χ1n) is 22.7. The Kier molecular flexibility index (Phi) is 32.6. The molecule has 0 radical (unpaired) electrons. The van der Waals surface area contributed by atoms with E-state index in [0.717, 1.165) is 38.5 Å². The van der Waals surface area contributed by atoms with Gasteiger partial charge in [-0.15, -0.1) is 0 Å². The van der Waals surface area contributed by atoms with Crippen LogP contribution in [0.2, 0.25) is 0 Å². The van der Waals surface area contributed by atoms with Crippen molar-refractivity contribution in [3.8, 4) is 0 Å². The van der Waals surface area contributed by atoms with Gasteiger partial charge in [0.25, 0.3) is 0 Å². The number of amides is 1. The molecule has 0 aromatic carbocycles. The number of allylic oxidation sites excluding steroid dienone is 1. The molecule has 0 aliphatic carbocycles. The van der Waals surface area contributed by atoms with Crippen molar-refractivity contribution >= 4 is 16.3 Å². The molecule has 8 unspecified atom stereocenters. The molecule has 57 heavy (non-hydrogen) atoms. The minimum absolute atomic E-state index is 0.245. The minimum Gasteiger partial charge on any atom is -0.394 e. The number of hydrogen-bond acceptors (Lipinski definition) is 11. The first kappa shape index (κ1) is 53.8. The Labute approximate surface area is 345 Å². The molecular weight excluding hydrogens is 755 g/mol. The van der Waals surface area contributed by atoms with E-state index in [1.165, 1.54) is 128 Å². The van der Waals surface area contributed by atoms with Crippen LogP contribution < -0.4 is 5.32 Å². The van der Waals surface area contributed by atoms with Crippen LogP contribution in [-0.4, -0.2) is 107 Å². The van der Waals surface area contributed by atoms with Crippen molar-refractivity contribution in [1.82, 2.24) is 5.32 Å². The van der Waals surface area contributed by atoms with Crippen molar-refractivity contribution in [1.29, 1.82) is 0 Å². The van der Waals surface area contributed by atoms with Crippen LogP contribution in [0.3, 0.4) is 0 Å². The topological polar surface area (TPSA) is 212 Å². The highest BCUT2D eigenvalue weighted by atomic mass is 32.3. The molecule has 0 bridgehead atoms. The molecule has 338 valence electrons. The lowest BCUT2D eigenvalue weighted by Crippen LogP contribution is -2.61. The van der Waals surface area contributed by atoms with Gasteiger partial charge in [-0.25, -0.2) is 4.18 Å². The standard InChI is InChI=1S/C43H83NO12S/c1-3-5-7-9-11-13-14-15-16-17-18-19-20-21-22-23-24-26-27-29-31-36(46)35(44-42(50)37(47)32-30-28-25-12-10-8-6-4-2)34-54-43-40(49)41(56-57(51,52)53)39(48)38(33-45)55-43/h29,31,35-41,43,45-49H,3-28,30,32-34H2,1-2H3,(H,44,50)(H,51,52,53)/b31-29+. The van der Waals surface area contributed by atoms with E-state index in [4.69, 9.17) is 14.0 Å². The summed E-state index contributed by atoms with van der Waals surface area (Å²) in [6.07, 6.45) is 24.7. The number of rotatable bonds is 38. The maximum absolute atomic E-state index is 13.0. The fourth-order valence-corrected chi connectivity index (χ4v) is 7.79. The lowest BCUT2D eigenvalue weighted by molar-refractivity contribution is -0.298. The van der Waals surface area contributed by atoms with E-state index in [0.29, 0.717) is 12.8 Å². The van der Waals surface area contributed by atoms with Crippen LogP contribution in [0.15, 0.2) is 12.2 Å². The zero-order valence-electron chi connectivity index (χ0n) is 35.5. The summed E-state index contributed by atoms with van der Waals surface area (Å²) in [4.78, 5) is 13.0. The third-order valence-electron chi connectivity index (χ3n) is 10.9. The third-order valence-corrected chi connectivity index (χ3v) is 11.4. The third kappa shape index (κ3) is 27.3. The Bertz CT molecular complexity index is 1100. The number of aliphatic hydroxyl groups excluding tert-OH is 5. The van der Waals surface area contributed by atoms with Gasteiger partial charge in [-0.1, -0.05) is 187 Å². The maximum atomic E-state index is 13.0. The van der Waals surface area contributed by atoms with Crippen LogP contribution in [0.1, 0.15) is 194 Å². The molecule has 1 aliphatic heterocycles. The van der Waals surface area contributed by atoms with Gasteiger partial charge < -0.3 is 40.3 Å². The molecule has 0 aromatic heterocycles. The highest BCUT2D eigenvalue weighted by molar-refractivity contribution is 7.80. The highest BCUT2D eigenvalue weighted by Gasteiger charge is 2.48. The number of ether oxygens (including phenoxy) is 2. The van der Waals surface area contributed by atoms with E-state index in [1.807, 2.05) is 6.08 Å². The second-order valence-electron chi connectivity index (χ2n) is 16.1. The first-order valence-corrected chi connectivity index (χ1v) is 24.0. The summed E-state index contributed by atoms with van der Waals surface area (Å²) >= 11 is 0. The van der Waals surface area contributed by atoms with E-state index < -0.39 is 78.5 Å². The molecule has 8 atom stereocenters. The second-order valence-corrected chi connectivity index (χ2v) is 17.2. The van der Waals surface area contributed by atoms with Gasteiger partial charge in [0.1, 0.15) is 30.5 Å². The van der Waals surface area contributed by atoms with Crippen molar-refractivity contribution < 1.29 is 57.0 Å². The summed E-state index contributed by atoms with van der Waals surface area (Å²) in [5, 5.41) is 55.0. The average Bonchev–Trinajstić information content (AvgIpc) is 3.18. The lowest BCUT2D eigenvalue weighted by atomic mass is 9.99. The second kappa shape index (κ2) is 34.5. The molecule has 0 aromatic rings. The number of unbranched alkanes of at least 4 members (excludes halogenated alkanes) is 25. The van der Waals surface area contributed by atoms with Gasteiger partial charge >= 0.3 is 10.4 Å². The summed E-state index contributed by atoms with van der Waals surface area (Å²) < 4.78 is 47.4. The summed E-state index contributed by atoms with van der Waals surface area (Å²) in [5.41, 5.74) is 0. The van der Waals surface area contributed by atoms with Crippen molar-refractivity contribution in [3.63, 3.8) is 0 Å². The van der Waals surface area contributed by atoms with E-state index in [-0.39, 0.29) is 6.42 Å². The Balaban J connectivity index is 2.54. The number of hydrogen-bond donors (Lipinski definition) is 7. The summed E-state index contributed by atoms with van der Waals surface area (Å²) in [5.74, 6) is -0.705. The predicted molar refractivity (Wildman–Crippen MR) is 224 cm³/mol. The van der Waals surface area contributed by atoms with Gasteiger partial charge in [0, 0.05) is 0 Å². The highest BCUT2D eigenvalue weighted by Crippen LogP contribution is 2.26. The van der Waals surface area contributed by atoms with Crippen LogP contribution in [0, 0.1) is 0 Å². The molecule has 1 aliphatic rings. The van der Waals surface area contributed by atoms with E-state index in [1.54, 1.807) is 0 Å². The molecule has 13 nitrogen and oxygen atoms in total. The molecule has 1 heterocycles. The van der Waals surface area contributed by atoms with Crippen molar-refractivity contribution in [2.24, 2.45) is 0 Å². The molecule has 7 N–H and O–H groups in total. The van der Waals surface area contributed by atoms with Crippen molar-refractivity contribution in [3.05, 3.63) is 12.2 Å². The first-order chi connectivity index (χ1) is 27.4. The Hall–Kier alpha value is -1.20. The van der Waals surface area contributed by atoms with E-state index in [2.05, 4.69) is 23.3 Å². The average molecular weight is 838 g/mol. The molecule has 0 saturated carbocycles. The number of aliphatic hydroxyl groups is 5. The quantitative estimate of drug-likeness (QED) is 0.0185. The number of nitrogens with one attached hydrogen (secondary N) is 1. The number of carbonyl (C=O) groups is 1. The van der Waals surface area contributed by atoms with Gasteiger partial charge in [-0.2, -0.15) is 8.42 Å². The zero-order valence-corrected chi connectivity index (χ0v) is 36.3. The van der Waals surface area contributed by atoms with Crippen LogP contribution in [-0.2, 0) is 28.9 Å². The Morgan fingerprint density at radius 1 is 0.702 bits per heavy atom. The van der Waals surface area contributed by atoms with Gasteiger partial charge in [0.2, 0.25) is 5.91 Å². The largest absolute Gasteiger partial charge is 0.397 e. The zero-order chi connectivity index (χ0) is 42.2. The van der Waals surface area contributed by atoms with Crippen LogP contribution in [0.25, 0.3) is 0 Å². The number of carbonyl (C=O) groups excluding carboxylic acids is 1. The van der Waals surface area contributed by atoms with Gasteiger partial charge in [-0.05, 0) is 19.3 Å². The molecule has 14 heteroatoms. The molecular formula is C43H83NO12S. The Morgan fingerprint density at radius 2 is 1.14 bits per heavy atom. The molecule has 1 saturated heterocycles. The summed E-state index contributed by atoms with van der Waals surface area (Å²) in [6, 6.07) is -1.11. The van der Waals surface area contributed by atoms with Crippen LogP contribution >= 0.6 is 0 Å².